The highest BCUT2D eigenvalue weighted by Gasteiger charge is 2.42. The molecule has 182 valence electrons. The second-order valence-electron chi connectivity index (χ2n) is 9.85. The molecule has 1 aromatic heterocycles. The number of Topliss-reactive ketones (excluding diaryl/α,β-unsaturated/α-hetero) is 1. The number of hydrogen-bond donors (Lipinski definition) is 1. The zero-order chi connectivity index (χ0) is 24.7. The number of methoxy groups -OCH3 is 2. The second-order valence-corrected chi connectivity index (χ2v) is 10.8. The number of nitrogens with zero attached hydrogens (tertiary/aromatic N) is 3. The Labute approximate surface area is 209 Å². The highest BCUT2D eigenvalue weighted by atomic mass is 32.2. The molecule has 0 unspecified atom stereocenters. The van der Waals surface area contributed by atoms with Crippen LogP contribution in [0.2, 0.25) is 0 Å². The number of benzene rings is 2. The SMILES string of the molecule is COc1ccc([C@H]2C3=C(CC(C)(C)CC3=O)Nc3nc(SCc4ccccc4C)nn32)cc1OC. The Bertz CT molecular complexity index is 1330. The average Bonchev–Trinajstić information content (AvgIpc) is 3.23. The molecule has 0 fully saturated rings. The van der Waals surface area contributed by atoms with Gasteiger partial charge in [0.15, 0.2) is 17.3 Å². The van der Waals surface area contributed by atoms with Crippen molar-refractivity contribution < 1.29 is 14.3 Å². The van der Waals surface area contributed by atoms with Crippen LogP contribution in [0.5, 0.6) is 11.5 Å². The van der Waals surface area contributed by atoms with E-state index in [2.05, 4.69) is 44.3 Å². The lowest BCUT2D eigenvalue weighted by Gasteiger charge is -2.38. The molecule has 1 atom stereocenters. The number of allylic oxidation sites excluding steroid dienone is 2. The minimum Gasteiger partial charge on any atom is -0.493 e. The first kappa shape index (κ1) is 23.5. The Morgan fingerprint density at radius 3 is 2.63 bits per heavy atom. The van der Waals surface area contributed by atoms with E-state index in [-0.39, 0.29) is 17.2 Å². The van der Waals surface area contributed by atoms with Gasteiger partial charge in [-0.1, -0.05) is 55.9 Å². The van der Waals surface area contributed by atoms with Gasteiger partial charge in [0.1, 0.15) is 6.04 Å². The van der Waals surface area contributed by atoms with Crippen LogP contribution in [-0.2, 0) is 10.5 Å². The first-order valence-corrected chi connectivity index (χ1v) is 12.7. The van der Waals surface area contributed by atoms with Crippen LogP contribution < -0.4 is 14.8 Å². The molecule has 2 aliphatic rings. The quantitative estimate of drug-likeness (QED) is 0.454. The number of carbonyl (C=O) groups excluding carboxylic acids is 1. The molecule has 0 bridgehead atoms. The number of fused-ring (bicyclic) bond motifs is 1. The lowest BCUT2D eigenvalue weighted by atomic mass is 9.73. The molecule has 0 saturated heterocycles. The molecule has 5 rings (SSSR count). The largest absolute Gasteiger partial charge is 0.493 e. The van der Waals surface area contributed by atoms with E-state index in [1.807, 2.05) is 28.9 Å². The Morgan fingerprint density at radius 1 is 1.11 bits per heavy atom. The van der Waals surface area contributed by atoms with Crippen LogP contribution >= 0.6 is 11.8 Å². The maximum Gasteiger partial charge on any atom is 0.227 e. The van der Waals surface area contributed by atoms with Crippen molar-refractivity contribution in [2.45, 2.75) is 50.6 Å². The predicted octanol–water partition coefficient (Wildman–Crippen LogP) is 5.55. The average molecular weight is 491 g/mol. The Hall–Kier alpha value is -3.26. The van der Waals surface area contributed by atoms with Crippen LogP contribution in [0.4, 0.5) is 5.95 Å². The van der Waals surface area contributed by atoms with Crippen molar-refractivity contribution in [2.75, 3.05) is 19.5 Å². The molecule has 7 nitrogen and oxygen atoms in total. The fourth-order valence-corrected chi connectivity index (χ4v) is 5.80. The normalized spacial score (nSPS) is 18.5. The zero-order valence-corrected chi connectivity index (χ0v) is 21.5. The van der Waals surface area contributed by atoms with E-state index in [1.165, 1.54) is 11.1 Å². The van der Waals surface area contributed by atoms with E-state index in [0.717, 1.165) is 29.0 Å². The topological polar surface area (TPSA) is 78.3 Å². The van der Waals surface area contributed by atoms with Crippen molar-refractivity contribution >= 4 is 23.5 Å². The van der Waals surface area contributed by atoms with Gasteiger partial charge in [0.05, 0.1) is 14.2 Å². The maximum absolute atomic E-state index is 13.4. The molecule has 0 radical (unpaired) electrons. The van der Waals surface area contributed by atoms with Crippen molar-refractivity contribution in [2.24, 2.45) is 5.41 Å². The van der Waals surface area contributed by atoms with Crippen molar-refractivity contribution in [1.29, 1.82) is 0 Å². The first-order valence-electron chi connectivity index (χ1n) is 11.7. The standard InChI is InChI=1S/C27H30N4O3S/c1-16-8-6-7-9-18(16)15-35-26-29-25-28-19-13-27(2,3)14-20(32)23(19)24(31(25)30-26)17-10-11-21(33-4)22(12-17)34-5/h6-12,24H,13-15H2,1-5H3,(H,28,29,30)/t24-/m0/s1. The van der Waals surface area contributed by atoms with Crippen LogP contribution in [0.3, 0.4) is 0 Å². The van der Waals surface area contributed by atoms with E-state index in [4.69, 9.17) is 19.6 Å². The van der Waals surface area contributed by atoms with Crippen molar-refractivity contribution in [1.82, 2.24) is 14.8 Å². The number of thioether (sulfide) groups is 1. The molecule has 0 spiro atoms. The third-order valence-corrected chi connectivity index (χ3v) is 7.54. The third kappa shape index (κ3) is 4.43. The summed E-state index contributed by atoms with van der Waals surface area (Å²) in [4.78, 5) is 18.3. The summed E-state index contributed by atoms with van der Waals surface area (Å²) in [6, 6.07) is 13.7. The van der Waals surface area contributed by atoms with Gasteiger partial charge in [-0.3, -0.25) is 4.79 Å². The highest BCUT2D eigenvalue weighted by molar-refractivity contribution is 7.98. The number of anilines is 1. The fourth-order valence-electron chi connectivity index (χ4n) is 4.90. The molecule has 3 aromatic rings. The number of nitrogens with one attached hydrogen (secondary N) is 1. The van der Waals surface area contributed by atoms with E-state index in [0.29, 0.717) is 29.0 Å². The minimum atomic E-state index is -0.384. The number of aromatic nitrogens is 3. The summed E-state index contributed by atoms with van der Waals surface area (Å²) in [5, 5.41) is 8.98. The zero-order valence-electron chi connectivity index (χ0n) is 20.7. The summed E-state index contributed by atoms with van der Waals surface area (Å²) < 4.78 is 12.8. The molecule has 1 aliphatic heterocycles. The molecular weight excluding hydrogens is 460 g/mol. The van der Waals surface area contributed by atoms with Gasteiger partial charge in [0.2, 0.25) is 11.1 Å². The Balaban J connectivity index is 1.56. The summed E-state index contributed by atoms with van der Waals surface area (Å²) in [6.45, 7) is 6.37. The molecule has 35 heavy (non-hydrogen) atoms. The summed E-state index contributed by atoms with van der Waals surface area (Å²) in [7, 11) is 3.23. The van der Waals surface area contributed by atoms with Crippen LogP contribution in [0.1, 0.15) is 49.4 Å². The maximum atomic E-state index is 13.4. The summed E-state index contributed by atoms with van der Waals surface area (Å²) in [6.07, 6.45) is 1.27. The number of ether oxygens (including phenoxy) is 2. The van der Waals surface area contributed by atoms with Crippen molar-refractivity contribution in [3.05, 3.63) is 70.4 Å². The van der Waals surface area contributed by atoms with Gasteiger partial charge in [0.25, 0.3) is 0 Å². The van der Waals surface area contributed by atoms with Gasteiger partial charge < -0.3 is 14.8 Å². The van der Waals surface area contributed by atoms with Gasteiger partial charge >= 0.3 is 0 Å². The molecule has 8 heteroatoms. The molecule has 0 saturated carbocycles. The predicted molar refractivity (Wildman–Crippen MR) is 137 cm³/mol. The fraction of sp³-hybridized carbons (Fsp3) is 0.370. The molecule has 2 aromatic carbocycles. The number of carbonyl (C=O) groups is 1. The van der Waals surface area contributed by atoms with Gasteiger partial charge in [-0.25, -0.2) is 4.68 Å². The van der Waals surface area contributed by atoms with Gasteiger partial charge in [-0.05, 0) is 47.6 Å². The van der Waals surface area contributed by atoms with Crippen molar-refractivity contribution in [3.8, 4) is 11.5 Å². The summed E-state index contributed by atoms with van der Waals surface area (Å²) in [5.41, 5.74) is 4.98. The smallest absolute Gasteiger partial charge is 0.227 e. The summed E-state index contributed by atoms with van der Waals surface area (Å²) in [5.74, 6) is 2.82. The van der Waals surface area contributed by atoms with Crippen LogP contribution in [0, 0.1) is 12.3 Å². The molecule has 1 aliphatic carbocycles. The van der Waals surface area contributed by atoms with Gasteiger partial charge in [0, 0.05) is 23.4 Å². The van der Waals surface area contributed by atoms with Crippen molar-refractivity contribution in [3.63, 3.8) is 0 Å². The summed E-state index contributed by atoms with van der Waals surface area (Å²) >= 11 is 1.59. The van der Waals surface area contributed by atoms with E-state index in [1.54, 1.807) is 26.0 Å². The lowest BCUT2D eigenvalue weighted by molar-refractivity contribution is -0.118. The number of rotatable bonds is 6. The number of aryl methyl sites for hydroxylation is 1. The highest BCUT2D eigenvalue weighted by Crippen LogP contribution is 2.46. The van der Waals surface area contributed by atoms with Gasteiger partial charge in [-0.2, -0.15) is 4.98 Å². The minimum absolute atomic E-state index is 0.115. The van der Waals surface area contributed by atoms with E-state index in [9.17, 15) is 4.79 Å². The van der Waals surface area contributed by atoms with Crippen LogP contribution in [0.15, 0.2) is 58.9 Å². The van der Waals surface area contributed by atoms with Gasteiger partial charge in [-0.15, -0.1) is 5.10 Å². The molecule has 2 heterocycles. The van der Waals surface area contributed by atoms with Crippen LogP contribution in [-0.4, -0.2) is 34.8 Å². The lowest BCUT2D eigenvalue weighted by Crippen LogP contribution is -2.36. The first-order chi connectivity index (χ1) is 16.8. The number of hydrogen-bond acceptors (Lipinski definition) is 7. The van der Waals surface area contributed by atoms with Crippen LogP contribution in [0.25, 0.3) is 0 Å². The molecular formula is C27H30N4O3S. The molecule has 0 amide bonds. The monoisotopic (exact) mass is 490 g/mol. The third-order valence-electron chi connectivity index (χ3n) is 6.65. The molecule has 1 N–H and O–H groups in total. The Morgan fingerprint density at radius 2 is 1.89 bits per heavy atom. The van der Waals surface area contributed by atoms with E-state index >= 15 is 0 Å². The second kappa shape index (κ2) is 9.07. The number of ketones is 1. The van der Waals surface area contributed by atoms with E-state index < -0.39 is 0 Å². The Kier molecular flexibility index (Phi) is 6.09.